The van der Waals surface area contributed by atoms with E-state index < -0.39 is 0 Å². The summed E-state index contributed by atoms with van der Waals surface area (Å²) < 4.78 is 11.7. The molecule has 0 spiro atoms. The normalized spacial score (nSPS) is 31.4. The van der Waals surface area contributed by atoms with Crippen LogP contribution in [0.25, 0.3) is 6.08 Å². The van der Waals surface area contributed by atoms with Crippen molar-refractivity contribution in [3.63, 3.8) is 0 Å². The van der Waals surface area contributed by atoms with Crippen LogP contribution < -0.4 is 9.47 Å². The van der Waals surface area contributed by atoms with Gasteiger partial charge in [0.15, 0.2) is 11.5 Å². The summed E-state index contributed by atoms with van der Waals surface area (Å²) in [5.74, 6) is 1.84. The SMILES string of the molecule is COc1ccc2c3c1O[C@H]1CC=C[C@@H](C=C2)[C@@]31CC#N. The number of hydrogen-bond donors (Lipinski definition) is 0. The first kappa shape index (κ1) is 11.6. The van der Waals surface area contributed by atoms with Gasteiger partial charge >= 0.3 is 0 Å². The molecule has 20 heavy (non-hydrogen) atoms. The molecule has 0 N–H and O–H groups in total. The van der Waals surface area contributed by atoms with Crippen LogP contribution in [-0.2, 0) is 5.41 Å². The molecule has 0 amide bonds. The van der Waals surface area contributed by atoms with Crippen molar-refractivity contribution in [3.05, 3.63) is 41.5 Å². The van der Waals surface area contributed by atoms with E-state index in [0.29, 0.717) is 6.42 Å². The Balaban J connectivity index is 2.04. The first-order chi connectivity index (χ1) is 9.81. The molecule has 0 aromatic heterocycles. The fourth-order valence-electron chi connectivity index (χ4n) is 3.94. The highest BCUT2D eigenvalue weighted by atomic mass is 16.5. The number of methoxy groups -OCH3 is 1. The van der Waals surface area contributed by atoms with Crippen molar-refractivity contribution in [2.45, 2.75) is 24.4 Å². The maximum atomic E-state index is 9.36. The minimum absolute atomic E-state index is 0.0344. The predicted molar refractivity (Wildman–Crippen MR) is 75.6 cm³/mol. The average molecular weight is 265 g/mol. The molecule has 0 unspecified atom stereocenters. The van der Waals surface area contributed by atoms with Crippen molar-refractivity contribution in [2.75, 3.05) is 7.11 Å². The lowest BCUT2D eigenvalue weighted by Gasteiger charge is -2.41. The Morgan fingerprint density at radius 3 is 3.15 bits per heavy atom. The minimum atomic E-state index is -0.239. The molecule has 0 saturated carbocycles. The summed E-state index contributed by atoms with van der Waals surface area (Å²) in [7, 11) is 1.66. The summed E-state index contributed by atoms with van der Waals surface area (Å²) in [5, 5.41) is 9.36. The second-order valence-corrected chi connectivity index (χ2v) is 5.59. The third-order valence-corrected chi connectivity index (χ3v) is 4.82. The third kappa shape index (κ3) is 1.19. The van der Waals surface area contributed by atoms with Crippen LogP contribution in [0.1, 0.15) is 24.0 Å². The van der Waals surface area contributed by atoms with Gasteiger partial charge in [0.1, 0.15) is 6.10 Å². The Labute approximate surface area is 118 Å². The molecule has 0 saturated heterocycles. The van der Waals surface area contributed by atoms with Gasteiger partial charge in [-0.05, 0) is 11.6 Å². The number of benzene rings is 1. The Hall–Kier alpha value is -2.21. The van der Waals surface area contributed by atoms with E-state index in [0.717, 1.165) is 23.5 Å². The van der Waals surface area contributed by atoms with Gasteiger partial charge in [-0.2, -0.15) is 5.26 Å². The van der Waals surface area contributed by atoms with Crippen LogP contribution in [0, 0.1) is 17.2 Å². The lowest BCUT2D eigenvalue weighted by molar-refractivity contribution is 0.121. The average Bonchev–Trinajstić information content (AvgIpc) is 2.81. The summed E-state index contributed by atoms with van der Waals surface area (Å²) in [6.07, 6.45) is 10.1. The zero-order valence-corrected chi connectivity index (χ0v) is 11.3. The highest BCUT2D eigenvalue weighted by molar-refractivity contribution is 5.71. The quantitative estimate of drug-likeness (QED) is 0.771. The number of ether oxygens (including phenoxy) is 2. The van der Waals surface area contributed by atoms with Crippen molar-refractivity contribution < 1.29 is 9.47 Å². The molecule has 3 nitrogen and oxygen atoms in total. The molecule has 0 fully saturated rings. The molecular formula is C17H15NO2. The molecular weight excluding hydrogens is 250 g/mol. The van der Waals surface area contributed by atoms with Crippen LogP contribution >= 0.6 is 0 Å². The van der Waals surface area contributed by atoms with E-state index >= 15 is 0 Å². The standard InChI is InChI=1S/C17H15NO2/c1-19-13-8-6-11-5-7-12-3-2-4-14-17(12,9-10-18)15(11)16(13)20-14/h2-3,5-8,12,14H,4,9H2,1H3/t12-,14-,17+/m0/s1. The van der Waals surface area contributed by atoms with Gasteiger partial charge in [0, 0.05) is 24.3 Å². The predicted octanol–water partition coefficient (Wildman–Crippen LogP) is 3.21. The molecule has 4 rings (SSSR count). The number of nitrogens with zero attached hydrogens (tertiary/aromatic N) is 1. The topological polar surface area (TPSA) is 42.2 Å². The number of allylic oxidation sites excluding steroid dienone is 2. The minimum Gasteiger partial charge on any atom is -0.493 e. The van der Waals surface area contributed by atoms with Crippen LogP contribution in [0.2, 0.25) is 0 Å². The highest BCUT2D eigenvalue weighted by Gasteiger charge is 2.56. The molecule has 1 heterocycles. The van der Waals surface area contributed by atoms with E-state index in [1.807, 2.05) is 6.07 Å². The van der Waals surface area contributed by atoms with Gasteiger partial charge < -0.3 is 9.47 Å². The fourth-order valence-corrected chi connectivity index (χ4v) is 3.94. The molecule has 1 aliphatic heterocycles. The smallest absolute Gasteiger partial charge is 0.166 e. The van der Waals surface area contributed by atoms with Gasteiger partial charge in [0.25, 0.3) is 0 Å². The molecule has 3 aliphatic rings. The molecule has 0 radical (unpaired) electrons. The summed E-state index contributed by atoms with van der Waals surface area (Å²) in [4.78, 5) is 0. The van der Waals surface area contributed by atoms with E-state index in [9.17, 15) is 5.26 Å². The Morgan fingerprint density at radius 2 is 2.35 bits per heavy atom. The molecule has 3 atom stereocenters. The van der Waals surface area contributed by atoms with Crippen molar-refractivity contribution in [1.82, 2.24) is 0 Å². The van der Waals surface area contributed by atoms with Gasteiger partial charge in [-0.15, -0.1) is 0 Å². The number of hydrogen-bond acceptors (Lipinski definition) is 3. The largest absolute Gasteiger partial charge is 0.493 e. The van der Waals surface area contributed by atoms with Gasteiger partial charge in [-0.25, -0.2) is 0 Å². The van der Waals surface area contributed by atoms with Crippen LogP contribution in [0.4, 0.5) is 0 Å². The van der Waals surface area contributed by atoms with Crippen molar-refractivity contribution in [1.29, 1.82) is 5.26 Å². The van der Waals surface area contributed by atoms with E-state index in [1.54, 1.807) is 7.11 Å². The highest BCUT2D eigenvalue weighted by Crippen LogP contribution is 2.59. The van der Waals surface area contributed by atoms with E-state index in [1.165, 1.54) is 5.56 Å². The zero-order valence-electron chi connectivity index (χ0n) is 11.3. The molecule has 100 valence electrons. The van der Waals surface area contributed by atoms with Crippen LogP contribution in [0.3, 0.4) is 0 Å². The lowest BCUT2D eigenvalue weighted by atomic mass is 9.60. The molecule has 3 heteroatoms. The van der Waals surface area contributed by atoms with Crippen molar-refractivity contribution in [2.24, 2.45) is 5.92 Å². The Bertz CT molecular complexity index is 683. The van der Waals surface area contributed by atoms with Crippen LogP contribution in [0.5, 0.6) is 11.5 Å². The van der Waals surface area contributed by atoms with Gasteiger partial charge in [0.2, 0.25) is 0 Å². The van der Waals surface area contributed by atoms with Crippen LogP contribution in [0.15, 0.2) is 30.4 Å². The van der Waals surface area contributed by atoms with E-state index in [4.69, 9.17) is 9.47 Å². The van der Waals surface area contributed by atoms with E-state index in [-0.39, 0.29) is 17.4 Å². The first-order valence-corrected chi connectivity index (χ1v) is 6.91. The summed E-state index contributed by atoms with van der Waals surface area (Å²) in [5.41, 5.74) is 2.09. The zero-order chi connectivity index (χ0) is 13.7. The van der Waals surface area contributed by atoms with Crippen LogP contribution in [-0.4, -0.2) is 13.2 Å². The fraction of sp³-hybridized carbons (Fsp3) is 0.353. The van der Waals surface area contributed by atoms with Gasteiger partial charge in [-0.1, -0.05) is 30.4 Å². The van der Waals surface area contributed by atoms with Gasteiger partial charge in [0.05, 0.1) is 18.6 Å². The molecule has 1 aromatic carbocycles. The molecule has 1 aromatic rings. The lowest BCUT2D eigenvalue weighted by Crippen LogP contribution is -2.46. The monoisotopic (exact) mass is 265 g/mol. The maximum absolute atomic E-state index is 9.36. The van der Waals surface area contributed by atoms with Gasteiger partial charge in [-0.3, -0.25) is 0 Å². The second kappa shape index (κ2) is 3.89. The van der Waals surface area contributed by atoms with Crippen molar-refractivity contribution in [3.8, 4) is 17.6 Å². The second-order valence-electron chi connectivity index (χ2n) is 5.59. The summed E-state index contributed by atoms with van der Waals surface area (Å²) >= 11 is 0. The van der Waals surface area contributed by atoms with E-state index in [2.05, 4.69) is 36.4 Å². The molecule has 0 bridgehead atoms. The maximum Gasteiger partial charge on any atom is 0.166 e. The molecule has 2 aliphatic carbocycles. The Kier molecular flexibility index (Phi) is 2.26. The summed E-state index contributed by atoms with van der Waals surface area (Å²) in [6.45, 7) is 0. The third-order valence-electron chi connectivity index (χ3n) is 4.82. The van der Waals surface area contributed by atoms with Crippen molar-refractivity contribution >= 4 is 6.08 Å². The summed E-state index contributed by atoms with van der Waals surface area (Å²) in [6, 6.07) is 6.39. The Morgan fingerprint density at radius 1 is 1.45 bits per heavy atom. The number of nitriles is 1. The number of rotatable bonds is 2. The first-order valence-electron chi connectivity index (χ1n) is 6.91.